The highest BCUT2D eigenvalue weighted by atomic mass is 16.7. The molecule has 1 atom stereocenters. The fourth-order valence-electron chi connectivity index (χ4n) is 4.31. The minimum atomic E-state index is -0.413. The number of rotatable bonds is 4. The number of morpholine rings is 1. The third-order valence-electron chi connectivity index (χ3n) is 6.13. The fraction of sp³-hybridized carbons (Fsp3) is 0.619. The van der Waals surface area contributed by atoms with Crippen LogP contribution in [0, 0.1) is 5.92 Å². The Kier molecular flexibility index (Phi) is 5.05. The highest BCUT2D eigenvalue weighted by molar-refractivity contribution is 5.90. The lowest BCUT2D eigenvalue weighted by atomic mass is 10.1. The number of carbonyl (C=O) groups is 2. The Bertz CT molecular complexity index is 791. The van der Waals surface area contributed by atoms with E-state index in [4.69, 9.17) is 14.2 Å². The standard InChI is InChI=1S/C21H27N3O5/c25-20(16-2-3-16)24-6-5-22(12-15-1-4-18-19(11-15)29-14-28-18)13-17(24)21(26)23-7-9-27-10-8-23/h1,4,11,16-17H,2-3,5-10,12-14H2. The average molecular weight is 401 g/mol. The van der Waals surface area contributed by atoms with Crippen molar-refractivity contribution in [2.75, 3.05) is 52.7 Å². The molecule has 5 rings (SSSR count). The summed E-state index contributed by atoms with van der Waals surface area (Å²) in [7, 11) is 0. The van der Waals surface area contributed by atoms with Crippen molar-refractivity contribution in [2.45, 2.75) is 25.4 Å². The summed E-state index contributed by atoms with van der Waals surface area (Å²) in [6.45, 7) is 5.23. The summed E-state index contributed by atoms with van der Waals surface area (Å²) in [6.07, 6.45) is 1.91. The van der Waals surface area contributed by atoms with Gasteiger partial charge in [0, 0.05) is 45.2 Å². The molecule has 0 aromatic heterocycles. The van der Waals surface area contributed by atoms with Gasteiger partial charge >= 0.3 is 0 Å². The van der Waals surface area contributed by atoms with E-state index in [1.54, 1.807) is 0 Å². The van der Waals surface area contributed by atoms with Gasteiger partial charge in [0.1, 0.15) is 6.04 Å². The normalized spacial score (nSPS) is 24.6. The number of hydrogen-bond donors (Lipinski definition) is 0. The topological polar surface area (TPSA) is 71.6 Å². The molecule has 1 aliphatic carbocycles. The zero-order chi connectivity index (χ0) is 19.8. The maximum atomic E-state index is 13.3. The molecule has 2 saturated heterocycles. The number of ether oxygens (including phenoxy) is 3. The van der Waals surface area contributed by atoms with Crippen molar-refractivity contribution in [3.8, 4) is 11.5 Å². The van der Waals surface area contributed by atoms with E-state index in [-0.39, 0.29) is 24.5 Å². The Labute approximate surface area is 170 Å². The lowest BCUT2D eigenvalue weighted by Crippen LogP contribution is -2.62. The van der Waals surface area contributed by atoms with E-state index in [1.165, 1.54) is 0 Å². The molecule has 4 aliphatic rings. The molecule has 3 heterocycles. The highest BCUT2D eigenvalue weighted by Crippen LogP contribution is 2.34. The van der Waals surface area contributed by atoms with Crippen LogP contribution in [0.2, 0.25) is 0 Å². The van der Waals surface area contributed by atoms with Crippen LogP contribution in [-0.4, -0.2) is 85.3 Å². The predicted molar refractivity (Wildman–Crippen MR) is 103 cm³/mol. The second-order valence-electron chi connectivity index (χ2n) is 8.18. The second-order valence-corrected chi connectivity index (χ2v) is 8.18. The van der Waals surface area contributed by atoms with Crippen molar-refractivity contribution in [3.05, 3.63) is 23.8 Å². The second kappa shape index (κ2) is 7.84. The van der Waals surface area contributed by atoms with Gasteiger partial charge < -0.3 is 24.0 Å². The third kappa shape index (κ3) is 3.91. The first-order valence-corrected chi connectivity index (χ1v) is 10.5. The minimum Gasteiger partial charge on any atom is -0.454 e. The van der Waals surface area contributed by atoms with Crippen molar-refractivity contribution in [1.82, 2.24) is 14.7 Å². The van der Waals surface area contributed by atoms with Gasteiger partial charge in [-0.15, -0.1) is 0 Å². The molecule has 1 aromatic carbocycles. The van der Waals surface area contributed by atoms with Crippen molar-refractivity contribution in [2.24, 2.45) is 5.92 Å². The van der Waals surface area contributed by atoms with Crippen LogP contribution in [0.15, 0.2) is 18.2 Å². The van der Waals surface area contributed by atoms with Gasteiger partial charge in [0.05, 0.1) is 13.2 Å². The summed E-state index contributed by atoms with van der Waals surface area (Å²) >= 11 is 0. The molecular weight excluding hydrogens is 374 g/mol. The number of nitrogens with zero attached hydrogens (tertiary/aromatic N) is 3. The smallest absolute Gasteiger partial charge is 0.246 e. The summed E-state index contributed by atoms with van der Waals surface area (Å²) in [5.74, 6) is 1.87. The Morgan fingerprint density at radius 3 is 2.55 bits per heavy atom. The Morgan fingerprint density at radius 1 is 0.966 bits per heavy atom. The molecule has 8 heteroatoms. The summed E-state index contributed by atoms with van der Waals surface area (Å²) < 4.78 is 16.3. The molecule has 8 nitrogen and oxygen atoms in total. The van der Waals surface area contributed by atoms with Crippen LogP contribution < -0.4 is 9.47 Å². The lowest BCUT2D eigenvalue weighted by Gasteiger charge is -2.43. The van der Waals surface area contributed by atoms with Crippen LogP contribution in [0.5, 0.6) is 11.5 Å². The van der Waals surface area contributed by atoms with Crippen LogP contribution in [-0.2, 0) is 20.9 Å². The van der Waals surface area contributed by atoms with Crippen molar-refractivity contribution in [1.29, 1.82) is 0 Å². The summed E-state index contributed by atoms with van der Waals surface area (Å²) in [5, 5.41) is 0. The quantitative estimate of drug-likeness (QED) is 0.740. The number of fused-ring (bicyclic) bond motifs is 1. The summed E-state index contributed by atoms with van der Waals surface area (Å²) in [6, 6.07) is 5.56. The first kappa shape index (κ1) is 18.7. The van der Waals surface area contributed by atoms with Crippen molar-refractivity contribution >= 4 is 11.8 Å². The molecule has 0 spiro atoms. The van der Waals surface area contributed by atoms with E-state index in [1.807, 2.05) is 28.0 Å². The van der Waals surface area contributed by atoms with E-state index in [0.29, 0.717) is 39.4 Å². The predicted octanol–water partition coefficient (Wildman–Crippen LogP) is 0.697. The molecule has 3 aliphatic heterocycles. The maximum Gasteiger partial charge on any atom is 0.246 e. The molecule has 1 saturated carbocycles. The molecule has 1 unspecified atom stereocenters. The number of amides is 2. The van der Waals surface area contributed by atoms with Gasteiger partial charge in [-0.25, -0.2) is 0 Å². The molecule has 0 bridgehead atoms. The largest absolute Gasteiger partial charge is 0.454 e. The zero-order valence-electron chi connectivity index (χ0n) is 16.5. The van der Waals surface area contributed by atoms with E-state index >= 15 is 0 Å². The van der Waals surface area contributed by atoms with Crippen molar-refractivity contribution < 1.29 is 23.8 Å². The van der Waals surface area contributed by atoms with Crippen molar-refractivity contribution in [3.63, 3.8) is 0 Å². The van der Waals surface area contributed by atoms with Crippen LogP contribution in [0.25, 0.3) is 0 Å². The fourth-order valence-corrected chi connectivity index (χ4v) is 4.31. The maximum absolute atomic E-state index is 13.3. The average Bonchev–Trinajstić information content (AvgIpc) is 3.51. The molecule has 2 amide bonds. The van der Waals surface area contributed by atoms with Gasteiger partial charge in [-0.3, -0.25) is 14.5 Å². The molecule has 0 N–H and O–H groups in total. The van der Waals surface area contributed by atoms with Gasteiger partial charge in [0.25, 0.3) is 0 Å². The lowest BCUT2D eigenvalue weighted by molar-refractivity contribution is -0.152. The highest BCUT2D eigenvalue weighted by Gasteiger charge is 2.42. The monoisotopic (exact) mass is 401 g/mol. The molecule has 0 radical (unpaired) electrons. The summed E-state index contributed by atoms with van der Waals surface area (Å²) in [5.41, 5.74) is 1.12. The third-order valence-corrected chi connectivity index (χ3v) is 6.13. The SMILES string of the molecule is O=C(C1CN(Cc2ccc3c(c2)OCO3)CCN1C(=O)C1CC1)N1CCOCC1. The minimum absolute atomic E-state index is 0.0534. The van der Waals surface area contributed by atoms with Crippen LogP contribution in [0.4, 0.5) is 0 Å². The van der Waals surface area contributed by atoms with Crippen LogP contribution in [0.1, 0.15) is 18.4 Å². The zero-order valence-corrected chi connectivity index (χ0v) is 16.5. The number of piperazine rings is 1. The van der Waals surface area contributed by atoms with Crippen LogP contribution >= 0.6 is 0 Å². The van der Waals surface area contributed by atoms with E-state index < -0.39 is 6.04 Å². The molecule has 156 valence electrons. The summed E-state index contributed by atoms with van der Waals surface area (Å²) in [4.78, 5) is 32.1. The van der Waals surface area contributed by atoms with Gasteiger partial charge in [0.2, 0.25) is 18.6 Å². The number of hydrogen-bond acceptors (Lipinski definition) is 6. The number of benzene rings is 1. The molecule has 29 heavy (non-hydrogen) atoms. The van der Waals surface area contributed by atoms with E-state index in [0.717, 1.165) is 43.0 Å². The van der Waals surface area contributed by atoms with E-state index in [9.17, 15) is 9.59 Å². The molecule has 1 aromatic rings. The number of carbonyl (C=O) groups excluding carboxylic acids is 2. The molecular formula is C21H27N3O5. The Hall–Kier alpha value is -2.32. The first-order chi connectivity index (χ1) is 14.2. The first-order valence-electron chi connectivity index (χ1n) is 10.5. The van der Waals surface area contributed by atoms with E-state index in [2.05, 4.69) is 4.90 Å². The Balaban J connectivity index is 1.30. The Morgan fingerprint density at radius 2 is 1.76 bits per heavy atom. The van der Waals surface area contributed by atoms with Gasteiger partial charge in [-0.05, 0) is 30.5 Å². The van der Waals surface area contributed by atoms with Gasteiger partial charge in [-0.2, -0.15) is 0 Å². The van der Waals surface area contributed by atoms with Crippen LogP contribution in [0.3, 0.4) is 0 Å². The van der Waals surface area contributed by atoms with Gasteiger partial charge in [0.15, 0.2) is 11.5 Å². The molecule has 3 fully saturated rings. The van der Waals surface area contributed by atoms with Gasteiger partial charge in [-0.1, -0.05) is 6.07 Å².